The highest BCUT2D eigenvalue weighted by molar-refractivity contribution is 9.10. The second kappa shape index (κ2) is 6.39. The second-order valence-corrected chi connectivity index (χ2v) is 7.93. The van der Waals surface area contributed by atoms with Gasteiger partial charge in [0, 0.05) is 21.8 Å². The molecule has 4 heteroatoms. The van der Waals surface area contributed by atoms with Crippen LogP contribution in [0.5, 0.6) is 0 Å². The summed E-state index contributed by atoms with van der Waals surface area (Å²) >= 11 is 3.38. The van der Waals surface area contributed by atoms with E-state index in [0.29, 0.717) is 17.2 Å². The van der Waals surface area contributed by atoms with Crippen molar-refractivity contribution in [3.05, 3.63) is 28.2 Å². The molecule has 1 saturated carbocycles. The average Bonchev–Trinajstić information content (AvgIpc) is 2.41. The van der Waals surface area contributed by atoms with Crippen LogP contribution in [0.1, 0.15) is 56.8 Å². The maximum Gasteiger partial charge on any atom is 0.251 e. The third-order valence-electron chi connectivity index (χ3n) is 4.46. The molecule has 116 valence electrons. The van der Waals surface area contributed by atoms with Gasteiger partial charge in [-0.2, -0.15) is 0 Å². The lowest BCUT2D eigenvalue weighted by Gasteiger charge is -2.40. The molecule has 2 atom stereocenters. The van der Waals surface area contributed by atoms with Crippen molar-refractivity contribution in [1.29, 1.82) is 0 Å². The molecule has 0 saturated heterocycles. The second-order valence-electron chi connectivity index (χ2n) is 7.07. The van der Waals surface area contributed by atoms with Crippen LogP contribution in [0.2, 0.25) is 0 Å². The third-order valence-corrected chi connectivity index (χ3v) is 5.14. The molecule has 0 radical (unpaired) electrons. The van der Waals surface area contributed by atoms with Crippen molar-refractivity contribution in [1.82, 2.24) is 5.32 Å². The zero-order chi connectivity index (χ0) is 15.6. The van der Waals surface area contributed by atoms with E-state index in [0.717, 1.165) is 10.9 Å². The Labute approximate surface area is 135 Å². The van der Waals surface area contributed by atoms with Gasteiger partial charge in [0.05, 0.1) is 0 Å². The summed E-state index contributed by atoms with van der Waals surface area (Å²) in [6.45, 7) is 6.80. The first-order valence-corrected chi connectivity index (χ1v) is 8.44. The summed E-state index contributed by atoms with van der Waals surface area (Å²) in [7, 11) is 0. The molecule has 3 nitrogen and oxygen atoms in total. The van der Waals surface area contributed by atoms with E-state index in [9.17, 15) is 4.79 Å². The molecular weight excluding hydrogens is 328 g/mol. The molecule has 21 heavy (non-hydrogen) atoms. The van der Waals surface area contributed by atoms with E-state index in [-0.39, 0.29) is 17.4 Å². The van der Waals surface area contributed by atoms with E-state index >= 15 is 0 Å². The van der Waals surface area contributed by atoms with Gasteiger partial charge in [0.2, 0.25) is 0 Å². The number of halogens is 1. The largest absolute Gasteiger partial charge is 0.398 e. The first-order chi connectivity index (χ1) is 9.79. The van der Waals surface area contributed by atoms with Crippen LogP contribution in [-0.2, 0) is 0 Å². The van der Waals surface area contributed by atoms with Crippen LogP contribution in [-0.4, -0.2) is 11.9 Å². The number of hydrogen-bond donors (Lipinski definition) is 2. The van der Waals surface area contributed by atoms with Gasteiger partial charge in [-0.05, 0) is 58.3 Å². The number of nitrogens with two attached hydrogens (primary N) is 1. The molecular formula is C17H25BrN2O. The zero-order valence-corrected chi connectivity index (χ0v) is 14.7. The van der Waals surface area contributed by atoms with Crippen molar-refractivity contribution < 1.29 is 4.79 Å². The molecule has 0 bridgehead atoms. The fraction of sp³-hybridized carbons (Fsp3) is 0.588. The first kappa shape index (κ1) is 16.3. The maximum atomic E-state index is 12.5. The normalized spacial score (nSPS) is 22.9. The van der Waals surface area contributed by atoms with Crippen molar-refractivity contribution in [2.75, 3.05) is 5.73 Å². The Balaban J connectivity index is 2.11. The Morgan fingerprint density at radius 1 is 1.29 bits per heavy atom. The minimum Gasteiger partial charge on any atom is -0.398 e. The number of anilines is 1. The van der Waals surface area contributed by atoms with E-state index in [2.05, 4.69) is 42.0 Å². The van der Waals surface area contributed by atoms with E-state index < -0.39 is 0 Å². The number of hydrogen-bond acceptors (Lipinski definition) is 2. The molecule has 3 N–H and O–H groups in total. The van der Waals surface area contributed by atoms with Crippen LogP contribution in [0, 0.1) is 11.3 Å². The van der Waals surface area contributed by atoms with Crippen molar-refractivity contribution in [2.24, 2.45) is 11.3 Å². The molecule has 0 aliphatic heterocycles. The SMILES string of the molecule is CC(C)(C)C1CCCCC1NC(=O)c1ccc(N)c(Br)c1. The highest BCUT2D eigenvalue weighted by atomic mass is 79.9. The number of nitrogens with one attached hydrogen (secondary N) is 1. The fourth-order valence-electron chi connectivity index (χ4n) is 3.26. The Kier molecular flexibility index (Phi) is 4.97. The minimum absolute atomic E-state index is 0.00292. The molecule has 1 amide bonds. The van der Waals surface area contributed by atoms with E-state index in [1.165, 1.54) is 19.3 Å². The maximum absolute atomic E-state index is 12.5. The summed E-state index contributed by atoms with van der Waals surface area (Å²) in [4.78, 5) is 12.5. The van der Waals surface area contributed by atoms with Crippen LogP contribution < -0.4 is 11.1 Å². The van der Waals surface area contributed by atoms with Crippen LogP contribution in [0.3, 0.4) is 0 Å². The van der Waals surface area contributed by atoms with Crippen LogP contribution in [0.25, 0.3) is 0 Å². The quantitative estimate of drug-likeness (QED) is 0.776. The Morgan fingerprint density at radius 2 is 1.95 bits per heavy atom. The number of benzene rings is 1. The summed E-state index contributed by atoms with van der Waals surface area (Å²) in [5, 5.41) is 3.24. The van der Waals surface area contributed by atoms with Crippen LogP contribution in [0.15, 0.2) is 22.7 Å². The van der Waals surface area contributed by atoms with Gasteiger partial charge in [-0.15, -0.1) is 0 Å². The van der Waals surface area contributed by atoms with Gasteiger partial charge < -0.3 is 11.1 Å². The van der Waals surface area contributed by atoms with Crippen molar-refractivity contribution >= 4 is 27.5 Å². The van der Waals surface area contributed by atoms with Gasteiger partial charge in [-0.1, -0.05) is 33.6 Å². The number of carbonyl (C=O) groups is 1. The molecule has 2 unspecified atom stereocenters. The molecule has 0 spiro atoms. The van der Waals surface area contributed by atoms with E-state index in [4.69, 9.17) is 5.73 Å². The van der Waals surface area contributed by atoms with Gasteiger partial charge in [-0.3, -0.25) is 4.79 Å². The third kappa shape index (κ3) is 4.00. The van der Waals surface area contributed by atoms with Gasteiger partial charge in [0.1, 0.15) is 0 Å². The molecule has 1 aliphatic carbocycles. The van der Waals surface area contributed by atoms with Gasteiger partial charge >= 0.3 is 0 Å². The lowest BCUT2D eigenvalue weighted by atomic mass is 9.69. The van der Waals surface area contributed by atoms with E-state index in [1.54, 1.807) is 18.2 Å². The summed E-state index contributed by atoms with van der Waals surface area (Å²) in [6.07, 6.45) is 4.73. The van der Waals surface area contributed by atoms with Crippen molar-refractivity contribution in [2.45, 2.75) is 52.5 Å². The summed E-state index contributed by atoms with van der Waals surface area (Å²) < 4.78 is 0.770. The lowest BCUT2D eigenvalue weighted by Crippen LogP contribution is -2.46. The predicted octanol–water partition coefficient (Wildman–Crippen LogP) is 4.37. The highest BCUT2D eigenvalue weighted by Gasteiger charge is 2.34. The molecule has 0 heterocycles. The molecule has 2 rings (SSSR count). The summed E-state index contributed by atoms with van der Waals surface area (Å²) in [5.74, 6) is 0.532. The number of carbonyl (C=O) groups excluding carboxylic acids is 1. The monoisotopic (exact) mass is 352 g/mol. The molecule has 1 fully saturated rings. The average molecular weight is 353 g/mol. The molecule has 1 aromatic carbocycles. The summed E-state index contributed by atoms with van der Waals surface area (Å²) in [6, 6.07) is 5.60. The smallest absolute Gasteiger partial charge is 0.251 e. The minimum atomic E-state index is -0.00292. The molecule has 1 aliphatic rings. The van der Waals surface area contributed by atoms with Gasteiger partial charge in [0.15, 0.2) is 0 Å². The number of amides is 1. The van der Waals surface area contributed by atoms with Gasteiger partial charge in [0.25, 0.3) is 5.91 Å². The molecule has 0 aromatic heterocycles. The van der Waals surface area contributed by atoms with E-state index in [1.807, 2.05) is 0 Å². The Hall–Kier alpha value is -1.03. The summed E-state index contributed by atoms with van der Waals surface area (Å²) in [5.41, 5.74) is 7.31. The van der Waals surface area contributed by atoms with Crippen molar-refractivity contribution in [3.63, 3.8) is 0 Å². The topological polar surface area (TPSA) is 55.1 Å². The zero-order valence-electron chi connectivity index (χ0n) is 13.1. The van der Waals surface area contributed by atoms with Gasteiger partial charge in [-0.25, -0.2) is 0 Å². The van der Waals surface area contributed by atoms with Crippen LogP contribution in [0.4, 0.5) is 5.69 Å². The number of rotatable bonds is 2. The lowest BCUT2D eigenvalue weighted by molar-refractivity contribution is 0.0830. The van der Waals surface area contributed by atoms with Crippen molar-refractivity contribution in [3.8, 4) is 0 Å². The van der Waals surface area contributed by atoms with Crippen LogP contribution >= 0.6 is 15.9 Å². The molecule has 1 aromatic rings. The number of nitrogen functional groups attached to an aromatic ring is 1. The highest BCUT2D eigenvalue weighted by Crippen LogP contribution is 2.38. The standard InChI is InChI=1S/C17H25BrN2O/c1-17(2,3)12-6-4-5-7-15(12)20-16(21)11-8-9-14(19)13(18)10-11/h8-10,12,15H,4-7,19H2,1-3H3,(H,20,21). The predicted molar refractivity (Wildman–Crippen MR) is 91.2 cm³/mol. The fourth-order valence-corrected chi connectivity index (χ4v) is 3.64. The Bertz CT molecular complexity index is 522. The first-order valence-electron chi connectivity index (χ1n) is 7.65. The Morgan fingerprint density at radius 3 is 2.57 bits per heavy atom.